The van der Waals surface area contributed by atoms with Crippen molar-refractivity contribution in [1.82, 2.24) is 10.6 Å². The molecule has 2 amide bonds. The number of carboxylic acids is 2. The van der Waals surface area contributed by atoms with Crippen molar-refractivity contribution in [3.05, 3.63) is 0 Å². The molecule has 0 aliphatic carbocycles. The molecule has 0 aliphatic heterocycles. The van der Waals surface area contributed by atoms with Crippen LogP contribution < -0.4 is 16.4 Å². The second kappa shape index (κ2) is 10.6. The Bertz CT molecular complexity index is 494. The molecule has 0 unspecified atom stereocenters. The van der Waals surface area contributed by atoms with Crippen LogP contribution in [0.4, 0.5) is 0 Å². The van der Waals surface area contributed by atoms with E-state index in [2.05, 4.69) is 10.6 Å². The summed E-state index contributed by atoms with van der Waals surface area (Å²) in [6, 6.07) is -3.67. The highest BCUT2D eigenvalue weighted by atomic mass is 16.4. The maximum Gasteiger partial charge on any atom is 0.328 e. The first kappa shape index (κ1) is 22.8. The second-order valence-electron chi connectivity index (χ2n) is 6.29. The first-order valence-corrected chi connectivity index (χ1v) is 7.94. The summed E-state index contributed by atoms with van der Waals surface area (Å²) < 4.78 is 0. The van der Waals surface area contributed by atoms with E-state index in [1.54, 1.807) is 13.8 Å². The van der Waals surface area contributed by atoms with Crippen molar-refractivity contribution in [1.29, 1.82) is 0 Å². The number of hydrogen-bond donors (Lipinski definition) is 6. The minimum Gasteiger partial charge on any atom is -0.481 e. The summed E-state index contributed by atoms with van der Waals surface area (Å²) in [5, 5.41) is 31.6. The van der Waals surface area contributed by atoms with Gasteiger partial charge >= 0.3 is 11.9 Å². The van der Waals surface area contributed by atoms with Gasteiger partial charge in [0, 0.05) is 6.42 Å². The van der Waals surface area contributed by atoms with Crippen LogP contribution in [0.3, 0.4) is 0 Å². The zero-order valence-electron chi connectivity index (χ0n) is 14.6. The van der Waals surface area contributed by atoms with Gasteiger partial charge in [0.05, 0.1) is 12.1 Å². The van der Waals surface area contributed by atoms with Gasteiger partial charge in [0.1, 0.15) is 6.04 Å². The number of nitrogens with two attached hydrogens (primary N) is 1. The molecule has 7 N–H and O–H groups in total. The van der Waals surface area contributed by atoms with Crippen molar-refractivity contribution in [3.63, 3.8) is 0 Å². The van der Waals surface area contributed by atoms with E-state index in [9.17, 15) is 24.3 Å². The Hall–Kier alpha value is -2.20. The lowest BCUT2D eigenvalue weighted by Crippen LogP contribution is -2.56. The average Bonchev–Trinajstić information content (AvgIpc) is 2.47. The molecular weight excluding hydrogens is 334 g/mol. The molecule has 0 aromatic heterocycles. The van der Waals surface area contributed by atoms with E-state index in [0.717, 1.165) is 0 Å². The van der Waals surface area contributed by atoms with E-state index in [0.29, 0.717) is 0 Å². The molecule has 4 atom stereocenters. The fraction of sp³-hybridized carbons (Fsp3) is 0.733. The van der Waals surface area contributed by atoms with E-state index in [1.165, 1.54) is 6.92 Å². The number of amides is 2. The third-order valence-electron chi connectivity index (χ3n) is 3.39. The number of aliphatic hydroxyl groups is 1. The zero-order chi connectivity index (χ0) is 19.7. The van der Waals surface area contributed by atoms with Gasteiger partial charge in [0.15, 0.2) is 6.04 Å². The molecule has 0 saturated heterocycles. The number of carboxylic acid groups (broad SMARTS) is 2. The van der Waals surface area contributed by atoms with Crippen LogP contribution in [0.25, 0.3) is 0 Å². The lowest BCUT2D eigenvalue weighted by Gasteiger charge is -2.24. The molecule has 144 valence electrons. The molecule has 10 heteroatoms. The first-order chi connectivity index (χ1) is 11.5. The SMILES string of the molecule is CC(C)C[C@H](NC(=O)[C@@H](N)CCC(=O)O)C(=O)N[C@H](C(=O)O)[C@@H](C)O. The number of carbonyl (C=O) groups is 4. The normalized spacial score (nSPS) is 15.8. The quantitative estimate of drug-likeness (QED) is 0.261. The van der Waals surface area contributed by atoms with Gasteiger partial charge in [-0.25, -0.2) is 4.79 Å². The monoisotopic (exact) mass is 361 g/mol. The molecule has 0 aliphatic rings. The second-order valence-corrected chi connectivity index (χ2v) is 6.29. The van der Waals surface area contributed by atoms with Crippen molar-refractivity contribution in [2.24, 2.45) is 11.7 Å². The number of aliphatic carboxylic acids is 2. The van der Waals surface area contributed by atoms with Gasteiger partial charge in [-0.2, -0.15) is 0 Å². The van der Waals surface area contributed by atoms with Gasteiger partial charge in [0.2, 0.25) is 11.8 Å². The Morgan fingerprint density at radius 2 is 1.56 bits per heavy atom. The summed E-state index contributed by atoms with van der Waals surface area (Å²) in [7, 11) is 0. The number of rotatable bonds is 11. The summed E-state index contributed by atoms with van der Waals surface area (Å²) in [5.41, 5.74) is 5.60. The summed E-state index contributed by atoms with van der Waals surface area (Å²) in [6.07, 6.45) is -1.49. The van der Waals surface area contributed by atoms with E-state index < -0.39 is 48.0 Å². The molecule has 25 heavy (non-hydrogen) atoms. The molecule has 0 rings (SSSR count). The largest absolute Gasteiger partial charge is 0.481 e. The van der Waals surface area contributed by atoms with Crippen LogP contribution in [0.15, 0.2) is 0 Å². The van der Waals surface area contributed by atoms with Gasteiger partial charge in [-0.3, -0.25) is 14.4 Å². The van der Waals surface area contributed by atoms with E-state index in [-0.39, 0.29) is 25.2 Å². The van der Waals surface area contributed by atoms with Gasteiger partial charge in [-0.1, -0.05) is 13.8 Å². The Morgan fingerprint density at radius 1 is 1.00 bits per heavy atom. The molecule has 0 bridgehead atoms. The average molecular weight is 361 g/mol. The first-order valence-electron chi connectivity index (χ1n) is 7.94. The molecule has 0 fully saturated rings. The zero-order valence-corrected chi connectivity index (χ0v) is 14.6. The van der Waals surface area contributed by atoms with Crippen LogP contribution in [0.5, 0.6) is 0 Å². The van der Waals surface area contributed by atoms with Crippen LogP contribution in [-0.2, 0) is 19.2 Å². The standard InChI is InChI=1S/C15H27N3O7/c1-7(2)6-10(14(23)18-12(8(3)19)15(24)25)17-13(22)9(16)4-5-11(20)21/h7-10,12,19H,4-6,16H2,1-3H3,(H,17,22)(H,18,23)(H,20,21)(H,24,25)/t8-,9+,10+,12+/m1/s1. The third-order valence-corrected chi connectivity index (χ3v) is 3.39. The van der Waals surface area contributed by atoms with Crippen LogP contribution >= 0.6 is 0 Å². The van der Waals surface area contributed by atoms with Crippen LogP contribution in [0.2, 0.25) is 0 Å². The summed E-state index contributed by atoms with van der Waals surface area (Å²) >= 11 is 0. The lowest BCUT2D eigenvalue weighted by atomic mass is 10.0. The molecule has 0 aromatic carbocycles. The smallest absolute Gasteiger partial charge is 0.328 e. The van der Waals surface area contributed by atoms with Crippen LogP contribution in [0, 0.1) is 5.92 Å². The van der Waals surface area contributed by atoms with Gasteiger partial charge in [0.25, 0.3) is 0 Å². The van der Waals surface area contributed by atoms with Crippen LogP contribution in [-0.4, -0.2) is 63.3 Å². The van der Waals surface area contributed by atoms with Gasteiger partial charge < -0.3 is 31.7 Å². The fourth-order valence-corrected chi connectivity index (χ4v) is 2.03. The van der Waals surface area contributed by atoms with E-state index in [4.69, 9.17) is 15.9 Å². The highest BCUT2D eigenvalue weighted by molar-refractivity contribution is 5.92. The Kier molecular flexibility index (Phi) is 9.69. The summed E-state index contributed by atoms with van der Waals surface area (Å²) in [5.74, 6) is -3.97. The highest BCUT2D eigenvalue weighted by Gasteiger charge is 2.30. The van der Waals surface area contributed by atoms with Crippen molar-refractivity contribution >= 4 is 23.8 Å². The highest BCUT2D eigenvalue weighted by Crippen LogP contribution is 2.07. The summed E-state index contributed by atoms with van der Waals surface area (Å²) in [4.78, 5) is 45.9. The summed E-state index contributed by atoms with van der Waals surface area (Å²) in [6.45, 7) is 4.83. The molecular formula is C15H27N3O7. The molecule has 0 spiro atoms. The Morgan fingerprint density at radius 3 is 1.96 bits per heavy atom. The van der Waals surface area contributed by atoms with Crippen molar-refractivity contribution in [3.8, 4) is 0 Å². The lowest BCUT2D eigenvalue weighted by molar-refractivity contribution is -0.145. The third kappa shape index (κ3) is 9.01. The maximum atomic E-state index is 12.3. The van der Waals surface area contributed by atoms with Crippen molar-refractivity contribution in [2.45, 2.75) is 64.3 Å². The Balaban J connectivity index is 4.98. The number of nitrogens with one attached hydrogen (secondary N) is 2. The molecule has 0 heterocycles. The van der Waals surface area contributed by atoms with Gasteiger partial charge in [-0.15, -0.1) is 0 Å². The fourth-order valence-electron chi connectivity index (χ4n) is 2.03. The van der Waals surface area contributed by atoms with Crippen LogP contribution in [0.1, 0.15) is 40.0 Å². The van der Waals surface area contributed by atoms with Crippen molar-refractivity contribution in [2.75, 3.05) is 0 Å². The maximum absolute atomic E-state index is 12.3. The molecule has 0 radical (unpaired) electrons. The predicted octanol–water partition coefficient (Wildman–Crippen LogP) is -1.34. The van der Waals surface area contributed by atoms with Crippen molar-refractivity contribution < 1.29 is 34.5 Å². The molecule has 0 saturated carbocycles. The topological polar surface area (TPSA) is 179 Å². The minimum atomic E-state index is -1.51. The van der Waals surface area contributed by atoms with Gasteiger partial charge in [-0.05, 0) is 25.7 Å². The molecule has 0 aromatic rings. The minimum absolute atomic E-state index is 0.00104. The number of carbonyl (C=O) groups excluding carboxylic acids is 2. The van der Waals surface area contributed by atoms with E-state index in [1.807, 2.05) is 0 Å². The predicted molar refractivity (Wildman–Crippen MR) is 87.5 cm³/mol. The van der Waals surface area contributed by atoms with E-state index >= 15 is 0 Å². The number of aliphatic hydroxyl groups excluding tert-OH is 1. The Labute approximate surface area is 145 Å². The number of hydrogen-bond acceptors (Lipinski definition) is 6. The molecule has 10 nitrogen and oxygen atoms in total.